The van der Waals surface area contributed by atoms with Gasteiger partial charge in [0.2, 0.25) is 0 Å². The average Bonchev–Trinajstić information content (AvgIpc) is 2.35. The zero-order valence-corrected chi connectivity index (χ0v) is 13.5. The highest BCUT2D eigenvalue weighted by molar-refractivity contribution is 4.85. The number of rotatable bonds is 4. The molecule has 0 aromatic carbocycles. The lowest BCUT2D eigenvalue weighted by molar-refractivity contribution is 0.0626. The first kappa shape index (κ1) is 15.3. The fraction of sp³-hybridized carbons (Fsp3) is 1.00. The van der Waals surface area contributed by atoms with Gasteiger partial charge in [0.1, 0.15) is 0 Å². The van der Waals surface area contributed by atoms with Crippen molar-refractivity contribution in [2.75, 3.05) is 19.6 Å². The lowest BCUT2D eigenvalue weighted by atomic mass is 9.79. The first-order valence-corrected chi connectivity index (χ1v) is 8.52. The molecule has 1 N–H and O–H groups in total. The van der Waals surface area contributed by atoms with Crippen LogP contribution >= 0.6 is 0 Å². The minimum absolute atomic E-state index is 0.706. The summed E-state index contributed by atoms with van der Waals surface area (Å²) >= 11 is 0. The molecule has 0 aromatic heterocycles. The average molecular weight is 266 g/mol. The van der Waals surface area contributed by atoms with E-state index < -0.39 is 0 Å². The maximum absolute atomic E-state index is 3.49. The molecule has 0 bridgehead atoms. The third-order valence-corrected chi connectivity index (χ3v) is 5.21. The van der Waals surface area contributed by atoms with Gasteiger partial charge in [-0.3, -0.25) is 4.90 Å². The van der Waals surface area contributed by atoms with Crippen molar-refractivity contribution in [3.63, 3.8) is 0 Å². The summed E-state index contributed by atoms with van der Waals surface area (Å²) in [7, 11) is 0. The molecule has 2 fully saturated rings. The van der Waals surface area contributed by atoms with Crippen molar-refractivity contribution in [2.45, 2.75) is 71.9 Å². The molecular weight excluding hydrogens is 232 g/mol. The van der Waals surface area contributed by atoms with E-state index >= 15 is 0 Å². The van der Waals surface area contributed by atoms with Crippen LogP contribution in [0.15, 0.2) is 0 Å². The van der Waals surface area contributed by atoms with Gasteiger partial charge < -0.3 is 5.32 Å². The monoisotopic (exact) mass is 266 g/mol. The Kier molecular flexibility index (Phi) is 5.70. The molecule has 2 nitrogen and oxygen atoms in total. The molecule has 2 heteroatoms. The first-order chi connectivity index (χ1) is 9.06. The van der Waals surface area contributed by atoms with Crippen molar-refractivity contribution in [2.24, 2.45) is 17.8 Å². The number of hydrogen-bond acceptors (Lipinski definition) is 2. The van der Waals surface area contributed by atoms with Gasteiger partial charge in [0.15, 0.2) is 0 Å². The molecule has 1 saturated carbocycles. The van der Waals surface area contributed by atoms with Crippen molar-refractivity contribution in [3.8, 4) is 0 Å². The lowest BCUT2D eigenvalue weighted by Gasteiger charge is -2.43. The number of hydrogen-bond donors (Lipinski definition) is 1. The highest BCUT2D eigenvalue weighted by atomic mass is 15.2. The lowest BCUT2D eigenvalue weighted by Crippen LogP contribution is -2.47. The van der Waals surface area contributed by atoms with Gasteiger partial charge in [-0.2, -0.15) is 0 Å². The third kappa shape index (κ3) is 4.46. The van der Waals surface area contributed by atoms with E-state index in [4.69, 9.17) is 0 Å². The maximum atomic E-state index is 3.49. The second-order valence-electron chi connectivity index (χ2n) is 7.56. The molecule has 2 rings (SSSR count). The molecule has 0 amide bonds. The van der Waals surface area contributed by atoms with Gasteiger partial charge in [-0.25, -0.2) is 0 Å². The summed E-state index contributed by atoms with van der Waals surface area (Å²) in [4.78, 5) is 2.84. The topological polar surface area (TPSA) is 15.3 Å². The van der Waals surface area contributed by atoms with Gasteiger partial charge in [0, 0.05) is 18.6 Å². The predicted octanol–water partition coefficient (Wildman–Crippen LogP) is 3.52. The molecule has 19 heavy (non-hydrogen) atoms. The van der Waals surface area contributed by atoms with Crippen molar-refractivity contribution in [1.29, 1.82) is 0 Å². The van der Waals surface area contributed by atoms with Crippen molar-refractivity contribution in [1.82, 2.24) is 10.2 Å². The normalized spacial score (nSPS) is 34.1. The highest BCUT2D eigenvalue weighted by Crippen LogP contribution is 2.33. The predicted molar refractivity (Wildman–Crippen MR) is 83.4 cm³/mol. The van der Waals surface area contributed by atoms with Crippen LogP contribution in [0.2, 0.25) is 0 Å². The van der Waals surface area contributed by atoms with Gasteiger partial charge in [-0.1, -0.05) is 13.8 Å². The summed E-state index contributed by atoms with van der Waals surface area (Å²) in [5.74, 6) is 2.77. The van der Waals surface area contributed by atoms with Crippen LogP contribution in [0.1, 0.15) is 59.8 Å². The van der Waals surface area contributed by atoms with E-state index in [9.17, 15) is 0 Å². The summed E-state index contributed by atoms with van der Waals surface area (Å²) in [6.45, 7) is 13.5. The Morgan fingerprint density at radius 2 is 1.58 bits per heavy atom. The van der Waals surface area contributed by atoms with Gasteiger partial charge >= 0.3 is 0 Å². The molecular formula is C17H34N2. The Labute approximate surface area is 120 Å². The van der Waals surface area contributed by atoms with E-state index in [1.165, 1.54) is 51.7 Å². The minimum Gasteiger partial charge on any atom is -0.317 e. The summed E-state index contributed by atoms with van der Waals surface area (Å²) < 4.78 is 0. The van der Waals surface area contributed by atoms with Crippen molar-refractivity contribution in [3.05, 3.63) is 0 Å². The van der Waals surface area contributed by atoms with Crippen LogP contribution in [0.3, 0.4) is 0 Å². The van der Waals surface area contributed by atoms with Crippen LogP contribution in [0, 0.1) is 17.8 Å². The Morgan fingerprint density at radius 1 is 1.00 bits per heavy atom. The summed E-state index contributed by atoms with van der Waals surface area (Å²) in [6, 6.07) is 1.55. The van der Waals surface area contributed by atoms with E-state index in [0.29, 0.717) is 6.04 Å². The van der Waals surface area contributed by atoms with Crippen LogP contribution in [0.25, 0.3) is 0 Å². The summed E-state index contributed by atoms with van der Waals surface area (Å²) in [5.41, 5.74) is 0. The van der Waals surface area contributed by atoms with E-state index in [1.807, 2.05) is 0 Å². The van der Waals surface area contributed by atoms with Crippen LogP contribution in [-0.4, -0.2) is 36.6 Å². The van der Waals surface area contributed by atoms with Crippen molar-refractivity contribution < 1.29 is 0 Å². The maximum Gasteiger partial charge on any atom is 0.0103 e. The molecule has 1 heterocycles. The van der Waals surface area contributed by atoms with Gasteiger partial charge in [-0.05, 0) is 76.8 Å². The van der Waals surface area contributed by atoms with Crippen LogP contribution in [0.5, 0.6) is 0 Å². The molecule has 0 radical (unpaired) electrons. The highest BCUT2D eigenvalue weighted by Gasteiger charge is 2.31. The third-order valence-electron chi connectivity index (χ3n) is 5.21. The van der Waals surface area contributed by atoms with E-state index in [0.717, 1.165) is 23.8 Å². The number of nitrogens with one attached hydrogen (secondary N) is 1. The van der Waals surface area contributed by atoms with Gasteiger partial charge in [0.25, 0.3) is 0 Å². The second kappa shape index (κ2) is 7.08. The van der Waals surface area contributed by atoms with Gasteiger partial charge in [-0.15, -0.1) is 0 Å². The van der Waals surface area contributed by atoms with Crippen LogP contribution in [-0.2, 0) is 0 Å². The fourth-order valence-corrected chi connectivity index (χ4v) is 4.32. The molecule has 2 aliphatic rings. The Morgan fingerprint density at radius 3 is 2.11 bits per heavy atom. The molecule has 1 saturated heterocycles. The molecule has 2 atom stereocenters. The van der Waals surface area contributed by atoms with E-state index in [1.54, 1.807) is 0 Å². The zero-order valence-electron chi connectivity index (χ0n) is 13.5. The SMILES string of the molecule is CC1CC(C)CC(N(CC2CCNCC2)C(C)C)C1. The van der Waals surface area contributed by atoms with Crippen molar-refractivity contribution >= 4 is 0 Å². The second-order valence-corrected chi connectivity index (χ2v) is 7.56. The molecule has 1 aliphatic carbocycles. The zero-order chi connectivity index (χ0) is 13.8. The smallest absolute Gasteiger partial charge is 0.0103 e. The number of nitrogens with zero attached hydrogens (tertiary/aromatic N) is 1. The standard InChI is InChI=1S/C17H34N2/c1-13(2)19(12-16-5-7-18-8-6-16)17-10-14(3)9-15(4)11-17/h13-18H,5-12H2,1-4H3. The van der Waals surface area contributed by atoms with E-state index in [2.05, 4.69) is 37.9 Å². The van der Waals surface area contributed by atoms with Crippen LogP contribution < -0.4 is 5.32 Å². The molecule has 112 valence electrons. The molecule has 1 aliphatic heterocycles. The first-order valence-electron chi connectivity index (χ1n) is 8.52. The molecule has 0 spiro atoms. The molecule has 2 unspecified atom stereocenters. The van der Waals surface area contributed by atoms with Gasteiger partial charge in [0.05, 0.1) is 0 Å². The quantitative estimate of drug-likeness (QED) is 0.837. The van der Waals surface area contributed by atoms with E-state index in [-0.39, 0.29) is 0 Å². The largest absolute Gasteiger partial charge is 0.317 e. The Balaban J connectivity index is 1.94. The summed E-state index contributed by atoms with van der Waals surface area (Å²) in [5, 5.41) is 3.49. The summed E-state index contributed by atoms with van der Waals surface area (Å²) in [6.07, 6.45) is 7.04. The number of piperidine rings is 1. The molecule has 0 aromatic rings. The Hall–Kier alpha value is -0.0800. The minimum atomic E-state index is 0.706. The Bertz CT molecular complexity index is 248. The fourth-order valence-electron chi connectivity index (χ4n) is 4.32. The van der Waals surface area contributed by atoms with Crippen LogP contribution in [0.4, 0.5) is 0 Å².